The number of carbonyl (C=O) groups is 2. The lowest BCUT2D eigenvalue weighted by Crippen LogP contribution is -2.57. The van der Waals surface area contributed by atoms with E-state index in [1.165, 1.54) is 17.0 Å². The maximum absolute atomic E-state index is 15.0. The minimum Gasteiger partial charge on any atom is -0.336 e. The largest absolute Gasteiger partial charge is 0.336 e. The fourth-order valence-electron chi connectivity index (χ4n) is 5.19. The summed E-state index contributed by atoms with van der Waals surface area (Å²) < 4.78 is 43.1. The summed E-state index contributed by atoms with van der Waals surface area (Å²) in [6.07, 6.45) is 2.60. The minimum atomic E-state index is -1.33. The summed E-state index contributed by atoms with van der Waals surface area (Å²) in [4.78, 5) is 28.5. The van der Waals surface area contributed by atoms with Gasteiger partial charge in [-0.25, -0.2) is 13.2 Å². The summed E-state index contributed by atoms with van der Waals surface area (Å²) in [5.74, 6) is -1.78. The molecule has 2 saturated heterocycles. The summed E-state index contributed by atoms with van der Waals surface area (Å²) >= 11 is 0. The highest BCUT2D eigenvalue weighted by atomic mass is 19.1. The van der Waals surface area contributed by atoms with Gasteiger partial charge in [0.05, 0.1) is 6.04 Å². The van der Waals surface area contributed by atoms with E-state index in [4.69, 9.17) is 0 Å². The molecule has 0 saturated carbocycles. The first-order valence-electron chi connectivity index (χ1n) is 11.7. The third kappa shape index (κ3) is 4.69. The molecule has 2 aromatic carbocycles. The molecule has 2 aromatic rings. The van der Waals surface area contributed by atoms with Crippen molar-refractivity contribution in [3.63, 3.8) is 0 Å². The fraction of sp³-hybridized carbons (Fsp3) is 0.423. The van der Waals surface area contributed by atoms with Crippen molar-refractivity contribution >= 4 is 11.8 Å². The zero-order valence-electron chi connectivity index (χ0n) is 19.0. The Kier molecular flexibility index (Phi) is 7.26. The van der Waals surface area contributed by atoms with Gasteiger partial charge in [0, 0.05) is 31.5 Å². The van der Waals surface area contributed by atoms with Gasteiger partial charge in [-0.1, -0.05) is 12.1 Å². The second-order valence-electron chi connectivity index (χ2n) is 8.86. The van der Waals surface area contributed by atoms with Crippen LogP contribution in [0, 0.1) is 24.4 Å². The molecule has 2 unspecified atom stereocenters. The first-order valence-corrected chi connectivity index (χ1v) is 11.7. The summed E-state index contributed by atoms with van der Waals surface area (Å²) in [7, 11) is 0. The molecule has 2 amide bonds. The van der Waals surface area contributed by atoms with Crippen LogP contribution in [-0.2, 0) is 15.3 Å². The maximum Gasteiger partial charge on any atom is 0.224 e. The average molecular weight is 473 g/mol. The summed E-state index contributed by atoms with van der Waals surface area (Å²) in [5.41, 5.74) is -0.634. The highest BCUT2D eigenvalue weighted by molar-refractivity contribution is 5.79. The number of carbonyl (C=O) groups excluding carboxylic acids is 2. The van der Waals surface area contributed by atoms with Gasteiger partial charge in [0.15, 0.2) is 0 Å². The predicted octanol–water partition coefficient (Wildman–Crippen LogP) is 4.45. The number of nitrogens with one attached hydrogen (secondary N) is 1. The molecule has 2 aliphatic rings. The minimum absolute atomic E-state index is 0.00331. The number of rotatable bonds is 9. The molecule has 1 N–H and O–H groups in total. The standard InChI is InChI=1S/C26H29F3N3O2/c1-2-26(32-15-5-9-25(32)34,21-17-20(28)10-11-22(21)29)30-13-12-23(31-14-4-8-24(31)33)18-6-3-7-19(27)16-18/h3,6-7,10-11,16-17,23,30H,1-2,4-5,8-9,12-15H2. The van der Waals surface area contributed by atoms with E-state index < -0.39 is 23.1 Å². The van der Waals surface area contributed by atoms with E-state index in [0.717, 1.165) is 24.6 Å². The SMILES string of the molecule is [CH2]CC(NCCC(c1cccc(F)c1)N1CCCC1=O)(c1cc(F)ccc1F)N1CCCC1=O. The molecule has 1 radical (unpaired) electrons. The second-order valence-corrected chi connectivity index (χ2v) is 8.86. The normalized spacial score (nSPS) is 19.1. The molecule has 4 rings (SSSR count). The number of amides is 2. The van der Waals surface area contributed by atoms with E-state index >= 15 is 0 Å². The van der Waals surface area contributed by atoms with Gasteiger partial charge < -0.3 is 9.80 Å². The molecule has 5 nitrogen and oxygen atoms in total. The Morgan fingerprint density at radius 3 is 2.35 bits per heavy atom. The van der Waals surface area contributed by atoms with Gasteiger partial charge >= 0.3 is 0 Å². The Balaban J connectivity index is 1.64. The lowest BCUT2D eigenvalue weighted by atomic mass is 9.92. The molecule has 181 valence electrons. The van der Waals surface area contributed by atoms with Gasteiger partial charge in [-0.2, -0.15) is 0 Å². The van der Waals surface area contributed by atoms with Crippen molar-refractivity contribution in [3.8, 4) is 0 Å². The molecule has 0 spiro atoms. The Morgan fingerprint density at radius 2 is 1.71 bits per heavy atom. The highest BCUT2D eigenvalue weighted by Gasteiger charge is 2.43. The molecular formula is C26H29F3N3O2. The van der Waals surface area contributed by atoms with Gasteiger partial charge in [-0.3, -0.25) is 14.9 Å². The molecule has 2 fully saturated rings. The zero-order chi connectivity index (χ0) is 24.3. The summed E-state index contributed by atoms with van der Waals surface area (Å²) in [6, 6.07) is 8.97. The second kappa shape index (κ2) is 10.2. The van der Waals surface area contributed by atoms with Crippen LogP contribution in [0.3, 0.4) is 0 Å². The molecule has 2 atom stereocenters. The van der Waals surface area contributed by atoms with Crippen LogP contribution in [0.4, 0.5) is 13.2 Å². The van der Waals surface area contributed by atoms with E-state index in [1.54, 1.807) is 17.0 Å². The van der Waals surface area contributed by atoms with Crippen molar-refractivity contribution in [3.05, 3.63) is 78.0 Å². The molecule has 0 bridgehead atoms. The van der Waals surface area contributed by atoms with E-state index in [-0.39, 0.29) is 36.4 Å². The van der Waals surface area contributed by atoms with Crippen LogP contribution in [0.2, 0.25) is 0 Å². The topological polar surface area (TPSA) is 52.7 Å². The van der Waals surface area contributed by atoms with Crippen molar-refractivity contribution in [2.24, 2.45) is 0 Å². The van der Waals surface area contributed by atoms with Crippen molar-refractivity contribution in [1.29, 1.82) is 0 Å². The molecular weight excluding hydrogens is 443 g/mol. The Morgan fingerprint density at radius 1 is 0.971 bits per heavy atom. The van der Waals surface area contributed by atoms with Gasteiger partial charge in [0.25, 0.3) is 0 Å². The molecule has 0 aliphatic carbocycles. The number of hydrogen-bond acceptors (Lipinski definition) is 3. The van der Waals surface area contributed by atoms with Crippen LogP contribution in [0.15, 0.2) is 42.5 Å². The molecule has 8 heteroatoms. The van der Waals surface area contributed by atoms with E-state index in [0.29, 0.717) is 44.3 Å². The Bertz CT molecular complexity index is 1060. The lowest BCUT2D eigenvalue weighted by molar-refractivity contribution is -0.135. The van der Waals surface area contributed by atoms with E-state index in [1.807, 2.05) is 0 Å². The van der Waals surface area contributed by atoms with Crippen molar-refractivity contribution in [1.82, 2.24) is 15.1 Å². The molecule has 2 heterocycles. The van der Waals surface area contributed by atoms with Crippen molar-refractivity contribution in [2.75, 3.05) is 19.6 Å². The lowest BCUT2D eigenvalue weighted by Gasteiger charge is -2.43. The predicted molar refractivity (Wildman–Crippen MR) is 122 cm³/mol. The van der Waals surface area contributed by atoms with Gasteiger partial charge in [-0.15, -0.1) is 0 Å². The van der Waals surface area contributed by atoms with Crippen LogP contribution < -0.4 is 5.32 Å². The molecule has 0 aromatic heterocycles. The summed E-state index contributed by atoms with van der Waals surface area (Å²) in [5, 5.41) is 3.30. The van der Waals surface area contributed by atoms with Crippen molar-refractivity contribution in [2.45, 2.75) is 50.2 Å². The number of nitrogens with zero attached hydrogens (tertiary/aromatic N) is 2. The molecule has 2 aliphatic heterocycles. The zero-order valence-corrected chi connectivity index (χ0v) is 19.0. The maximum atomic E-state index is 15.0. The van der Waals surface area contributed by atoms with Gasteiger partial charge in [0.2, 0.25) is 11.8 Å². The number of hydrogen-bond donors (Lipinski definition) is 1. The first kappa shape index (κ1) is 24.3. The molecule has 34 heavy (non-hydrogen) atoms. The van der Waals surface area contributed by atoms with Gasteiger partial charge in [-0.05, 0) is 75.0 Å². The number of likely N-dealkylation sites (tertiary alicyclic amines) is 2. The number of halogens is 3. The van der Waals surface area contributed by atoms with Crippen LogP contribution in [-0.4, -0.2) is 41.2 Å². The smallest absolute Gasteiger partial charge is 0.224 e. The Labute approximate surface area is 197 Å². The highest BCUT2D eigenvalue weighted by Crippen LogP contribution is 2.36. The van der Waals surface area contributed by atoms with E-state index in [9.17, 15) is 22.8 Å². The monoisotopic (exact) mass is 472 g/mol. The van der Waals surface area contributed by atoms with Gasteiger partial charge in [0.1, 0.15) is 23.1 Å². The third-order valence-corrected chi connectivity index (χ3v) is 6.82. The van der Waals surface area contributed by atoms with Crippen LogP contribution in [0.25, 0.3) is 0 Å². The number of benzene rings is 2. The quantitative estimate of drug-likeness (QED) is 0.587. The summed E-state index contributed by atoms with van der Waals surface area (Å²) in [6.45, 7) is 5.22. The Hall–Kier alpha value is -2.87. The van der Waals surface area contributed by atoms with Crippen LogP contribution >= 0.6 is 0 Å². The fourth-order valence-corrected chi connectivity index (χ4v) is 5.19. The van der Waals surface area contributed by atoms with E-state index in [2.05, 4.69) is 12.2 Å². The first-order chi connectivity index (χ1) is 16.4. The van der Waals surface area contributed by atoms with Crippen LogP contribution in [0.5, 0.6) is 0 Å². The third-order valence-electron chi connectivity index (χ3n) is 6.82. The van der Waals surface area contributed by atoms with Crippen molar-refractivity contribution < 1.29 is 22.8 Å². The van der Waals surface area contributed by atoms with Crippen LogP contribution in [0.1, 0.15) is 55.7 Å². The average Bonchev–Trinajstić information content (AvgIpc) is 3.44.